The van der Waals surface area contributed by atoms with Crippen molar-refractivity contribution < 1.29 is 19.5 Å². The van der Waals surface area contributed by atoms with E-state index in [2.05, 4.69) is 16.0 Å². The van der Waals surface area contributed by atoms with Crippen molar-refractivity contribution in [2.45, 2.75) is 57.0 Å². The van der Waals surface area contributed by atoms with Crippen molar-refractivity contribution in [1.29, 1.82) is 0 Å². The molecule has 2 aliphatic carbocycles. The third kappa shape index (κ3) is 5.24. The average molecular weight is 297 g/mol. The number of aliphatic carboxylic acids is 1. The molecule has 0 aliphatic heterocycles. The molecule has 118 valence electrons. The summed E-state index contributed by atoms with van der Waals surface area (Å²) in [6, 6.07) is -0.395. The zero-order valence-electron chi connectivity index (χ0n) is 12.1. The first kappa shape index (κ1) is 15.6. The number of hydrogen-bond acceptors (Lipinski definition) is 3. The molecule has 0 aromatic heterocycles. The maximum Gasteiger partial charge on any atom is 0.315 e. The lowest BCUT2D eigenvalue weighted by Gasteiger charge is -2.29. The van der Waals surface area contributed by atoms with Gasteiger partial charge >= 0.3 is 12.0 Å². The molecule has 0 bridgehead atoms. The Balaban J connectivity index is 1.65. The Labute approximate surface area is 123 Å². The number of carbonyl (C=O) groups excluding carboxylic acids is 2. The van der Waals surface area contributed by atoms with E-state index in [-0.39, 0.29) is 24.9 Å². The molecular formula is C14H23N3O4. The quantitative estimate of drug-likeness (QED) is 0.575. The van der Waals surface area contributed by atoms with Crippen LogP contribution in [0.4, 0.5) is 4.79 Å². The second kappa shape index (κ2) is 7.28. The van der Waals surface area contributed by atoms with Crippen LogP contribution in [-0.4, -0.2) is 41.6 Å². The van der Waals surface area contributed by atoms with Crippen molar-refractivity contribution in [3.63, 3.8) is 0 Å². The summed E-state index contributed by atoms with van der Waals surface area (Å²) in [5, 5.41) is 17.3. The first-order valence-corrected chi connectivity index (χ1v) is 7.63. The van der Waals surface area contributed by atoms with Crippen LogP contribution in [0.3, 0.4) is 0 Å². The van der Waals surface area contributed by atoms with Crippen molar-refractivity contribution in [1.82, 2.24) is 16.0 Å². The minimum atomic E-state index is -0.858. The van der Waals surface area contributed by atoms with Gasteiger partial charge in [0.15, 0.2) is 0 Å². The van der Waals surface area contributed by atoms with Crippen LogP contribution in [0, 0.1) is 5.92 Å². The Hall–Kier alpha value is -1.79. The fourth-order valence-corrected chi connectivity index (χ4v) is 2.64. The summed E-state index contributed by atoms with van der Waals surface area (Å²) in [5.74, 6) is -1.43. The first-order valence-electron chi connectivity index (χ1n) is 7.63. The highest BCUT2D eigenvalue weighted by Gasteiger charge is 2.31. The molecule has 7 nitrogen and oxygen atoms in total. The van der Waals surface area contributed by atoms with Gasteiger partial charge in [-0.3, -0.25) is 9.59 Å². The van der Waals surface area contributed by atoms with Crippen LogP contribution in [-0.2, 0) is 9.59 Å². The Morgan fingerprint density at radius 1 is 1.00 bits per heavy atom. The highest BCUT2D eigenvalue weighted by atomic mass is 16.4. The molecule has 0 spiro atoms. The van der Waals surface area contributed by atoms with E-state index in [4.69, 9.17) is 5.11 Å². The minimum absolute atomic E-state index is 0.0566. The molecule has 2 atom stereocenters. The zero-order valence-corrected chi connectivity index (χ0v) is 12.1. The molecule has 2 fully saturated rings. The predicted octanol–water partition coefficient (Wildman–Crippen LogP) is 0.598. The van der Waals surface area contributed by atoms with Crippen molar-refractivity contribution in [3.05, 3.63) is 0 Å². The Bertz CT molecular complexity index is 409. The number of carboxylic acid groups (broad SMARTS) is 1. The van der Waals surface area contributed by atoms with Gasteiger partial charge in [0.05, 0.1) is 5.92 Å². The molecular weight excluding hydrogens is 274 g/mol. The SMILES string of the molecule is O=C(CCNC(=O)NC1CCCCC1C(=O)O)NC1CC1. The second-order valence-electron chi connectivity index (χ2n) is 5.83. The van der Waals surface area contributed by atoms with Crippen molar-refractivity contribution in [3.8, 4) is 0 Å². The van der Waals surface area contributed by atoms with Gasteiger partial charge in [-0.25, -0.2) is 4.79 Å². The fourth-order valence-electron chi connectivity index (χ4n) is 2.64. The number of carboxylic acids is 1. The molecule has 0 aromatic carbocycles. The standard InChI is InChI=1S/C14H23N3O4/c18-12(16-9-5-6-9)7-8-15-14(21)17-11-4-2-1-3-10(11)13(19)20/h9-11H,1-8H2,(H,16,18)(H,19,20)(H2,15,17,21). The van der Waals surface area contributed by atoms with Crippen LogP contribution < -0.4 is 16.0 Å². The number of hydrogen-bond donors (Lipinski definition) is 4. The fraction of sp³-hybridized carbons (Fsp3) is 0.786. The molecule has 2 rings (SSSR count). The van der Waals surface area contributed by atoms with Crippen LogP contribution >= 0.6 is 0 Å². The van der Waals surface area contributed by atoms with Crippen molar-refractivity contribution in [2.75, 3.05) is 6.54 Å². The average Bonchev–Trinajstić information content (AvgIpc) is 3.23. The van der Waals surface area contributed by atoms with Crippen LogP contribution in [0.15, 0.2) is 0 Å². The topological polar surface area (TPSA) is 108 Å². The molecule has 2 aliphatic rings. The largest absolute Gasteiger partial charge is 0.481 e. The van der Waals surface area contributed by atoms with E-state index in [1.165, 1.54) is 0 Å². The summed E-state index contributed by atoms with van der Waals surface area (Å²) in [6.07, 6.45) is 5.43. The van der Waals surface area contributed by atoms with E-state index >= 15 is 0 Å². The van der Waals surface area contributed by atoms with E-state index in [1.807, 2.05) is 0 Å². The van der Waals surface area contributed by atoms with Crippen LogP contribution in [0.1, 0.15) is 44.9 Å². The molecule has 4 N–H and O–H groups in total. The second-order valence-corrected chi connectivity index (χ2v) is 5.83. The summed E-state index contributed by atoms with van der Waals surface area (Å²) in [6.45, 7) is 0.259. The normalized spacial score (nSPS) is 25.0. The van der Waals surface area contributed by atoms with Gasteiger partial charge in [0, 0.05) is 25.0 Å². The number of rotatable bonds is 6. The summed E-state index contributed by atoms with van der Waals surface area (Å²) in [7, 11) is 0. The number of amides is 3. The Kier molecular flexibility index (Phi) is 5.41. The third-order valence-electron chi connectivity index (χ3n) is 3.98. The smallest absolute Gasteiger partial charge is 0.315 e. The van der Waals surface area contributed by atoms with Crippen LogP contribution in [0.25, 0.3) is 0 Å². The highest BCUT2D eigenvalue weighted by molar-refractivity contribution is 5.79. The lowest BCUT2D eigenvalue weighted by molar-refractivity contribution is -0.143. The van der Waals surface area contributed by atoms with E-state index in [9.17, 15) is 14.4 Å². The predicted molar refractivity (Wildman–Crippen MR) is 75.7 cm³/mol. The molecule has 0 heterocycles. The maximum absolute atomic E-state index is 11.7. The van der Waals surface area contributed by atoms with Gasteiger partial charge < -0.3 is 21.1 Å². The Morgan fingerprint density at radius 3 is 2.38 bits per heavy atom. The summed E-state index contributed by atoms with van der Waals surface area (Å²) in [4.78, 5) is 34.3. The van der Waals surface area contributed by atoms with Gasteiger partial charge in [-0.1, -0.05) is 12.8 Å². The third-order valence-corrected chi connectivity index (χ3v) is 3.98. The van der Waals surface area contributed by atoms with Gasteiger partial charge in [-0.05, 0) is 25.7 Å². The molecule has 0 radical (unpaired) electrons. The van der Waals surface area contributed by atoms with Crippen LogP contribution in [0.5, 0.6) is 0 Å². The number of urea groups is 1. The van der Waals surface area contributed by atoms with Gasteiger partial charge in [0.25, 0.3) is 0 Å². The van der Waals surface area contributed by atoms with Gasteiger partial charge in [0.2, 0.25) is 5.91 Å². The lowest BCUT2D eigenvalue weighted by atomic mass is 9.84. The van der Waals surface area contributed by atoms with E-state index in [0.717, 1.165) is 25.7 Å². The van der Waals surface area contributed by atoms with Crippen LogP contribution in [0.2, 0.25) is 0 Å². The summed E-state index contributed by atoms with van der Waals surface area (Å²) < 4.78 is 0. The summed E-state index contributed by atoms with van der Waals surface area (Å²) in [5.41, 5.74) is 0. The summed E-state index contributed by atoms with van der Waals surface area (Å²) >= 11 is 0. The van der Waals surface area contributed by atoms with E-state index < -0.39 is 17.9 Å². The van der Waals surface area contributed by atoms with E-state index in [0.29, 0.717) is 18.9 Å². The molecule has 21 heavy (non-hydrogen) atoms. The lowest BCUT2D eigenvalue weighted by Crippen LogP contribution is -2.49. The first-order chi connectivity index (χ1) is 10.1. The molecule has 3 amide bonds. The molecule has 0 aromatic rings. The zero-order chi connectivity index (χ0) is 15.2. The molecule has 2 unspecified atom stereocenters. The minimum Gasteiger partial charge on any atom is -0.481 e. The number of carbonyl (C=O) groups is 3. The maximum atomic E-state index is 11.7. The van der Waals surface area contributed by atoms with Crippen molar-refractivity contribution >= 4 is 17.9 Å². The van der Waals surface area contributed by atoms with E-state index in [1.54, 1.807) is 0 Å². The molecule has 2 saturated carbocycles. The highest BCUT2D eigenvalue weighted by Crippen LogP contribution is 2.24. The number of nitrogens with one attached hydrogen (secondary N) is 3. The van der Waals surface area contributed by atoms with Gasteiger partial charge in [-0.15, -0.1) is 0 Å². The van der Waals surface area contributed by atoms with Gasteiger partial charge in [0.1, 0.15) is 0 Å². The van der Waals surface area contributed by atoms with Crippen molar-refractivity contribution in [2.24, 2.45) is 5.92 Å². The monoisotopic (exact) mass is 297 g/mol. The van der Waals surface area contributed by atoms with Gasteiger partial charge in [-0.2, -0.15) is 0 Å². The molecule has 7 heteroatoms. The Morgan fingerprint density at radius 2 is 1.71 bits per heavy atom. The molecule has 0 saturated heterocycles.